The average Bonchev–Trinajstić information content (AvgIpc) is 2.35. The molecule has 6 atom stereocenters. The average molecular weight is 238 g/mol. The minimum absolute atomic E-state index is 0.0568. The highest BCUT2D eigenvalue weighted by atomic mass is 16.5. The van der Waals surface area contributed by atoms with Crippen LogP contribution < -0.4 is 0 Å². The third kappa shape index (κ3) is 1.53. The SMILES string of the molecule is CC(C)[C@H]1CC[C@@]2(C)O[C@@H]3[C@H]1[C@H]2CC[C@@]3(C)O. The van der Waals surface area contributed by atoms with E-state index < -0.39 is 5.60 Å². The summed E-state index contributed by atoms with van der Waals surface area (Å²) in [4.78, 5) is 0. The lowest BCUT2D eigenvalue weighted by Crippen LogP contribution is -2.51. The summed E-state index contributed by atoms with van der Waals surface area (Å²) in [5.41, 5.74) is -0.544. The minimum Gasteiger partial charge on any atom is -0.387 e. The van der Waals surface area contributed by atoms with Crippen molar-refractivity contribution in [1.29, 1.82) is 0 Å². The number of rotatable bonds is 1. The van der Waals surface area contributed by atoms with Gasteiger partial charge in [-0.25, -0.2) is 0 Å². The fourth-order valence-electron chi connectivity index (χ4n) is 4.89. The Labute approximate surface area is 105 Å². The lowest BCUT2D eigenvalue weighted by molar-refractivity contribution is -0.127. The summed E-state index contributed by atoms with van der Waals surface area (Å²) < 4.78 is 6.34. The molecule has 3 aliphatic rings. The molecule has 0 unspecified atom stereocenters. The van der Waals surface area contributed by atoms with Gasteiger partial charge in [-0.15, -0.1) is 0 Å². The standard InChI is InChI=1S/C15H26O2/c1-9(2)10-5-8-15(4)11-6-7-14(3,16)13(17-15)12(10)11/h9-13,16H,5-8H2,1-4H3/t10-,11-,12-,13-,14-,15-/m1/s1. The molecule has 17 heavy (non-hydrogen) atoms. The van der Waals surface area contributed by atoms with Crippen LogP contribution in [0.3, 0.4) is 0 Å². The minimum atomic E-state index is -0.601. The predicted molar refractivity (Wildman–Crippen MR) is 67.7 cm³/mol. The molecule has 3 fully saturated rings. The molecule has 2 heteroatoms. The summed E-state index contributed by atoms with van der Waals surface area (Å²) >= 11 is 0. The summed E-state index contributed by atoms with van der Waals surface area (Å²) in [6.07, 6.45) is 4.61. The van der Waals surface area contributed by atoms with Crippen LogP contribution in [0.2, 0.25) is 0 Å². The first-order valence-corrected chi connectivity index (χ1v) is 7.25. The van der Waals surface area contributed by atoms with Gasteiger partial charge in [-0.1, -0.05) is 13.8 Å². The third-order valence-corrected chi connectivity index (χ3v) is 5.89. The quantitative estimate of drug-likeness (QED) is 0.761. The first-order chi connectivity index (χ1) is 7.85. The van der Waals surface area contributed by atoms with Gasteiger partial charge in [-0.2, -0.15) is 0 Å². The normalized spacial score (nSPS) is 57.5. The van der Waals surface area contributed by atoms with Crippen LogP contribution in [-0.4, -0.2) is 22.4 Å². The van der Waals surface area contributed by atoms with E-state index in [-0.39, 0.29) is 11.7 Å². The van der Waals surface area contributed by atoms with Crippen LogP contribution in [-0.2, 0) is 4.74 Å². The molecule has 0 aromatic rings. The Morgan fingerprint density at radius 1 is 1.18 bits per heavy atom. The molecule has 98 valence electrons. The molecule has 2 aliphatic carbocycles. The monoisotopic (exact) mass is 238 g/mol. The maximum atomic E-state index is 10.6. The van der Waals surface area contributed by atoms with E-state index in [1.165, 1.54) is 12.8 Å². The van der Waals surface area contributed by atoms with Gasteiger partial charge in [0, 0.05) is 0 Å². The van der Waals surface area contributed by atoms with Crippen molar-refractivity contribution < 1.29 is 9.84 Å². The lowest BCUT2D eigenvalue weighted by atomic mass is 9.57. The van der Waals surface area contributed by atoms with E-state index in [2.05, 4.69) is 20.8 Å². The topological polar surface area (TPSA) is 29.5 Å². The summed E-state index contributed by atoms with van der Waals surface area (Å²) in [5, 5.41) is 10.6. The second-order valence-electron chi connectivity index (χ2n) is 7.38. The molecule has 3 rings (SSSR count). The number of hydrogen-bond acceptors (Lipinski definition) is 2. The second kappa shape index (κ2) is 3.48. The van der Waals surface area contributed by atoms with Gasteiger partial charge in [0.15, 0.2) is 0 Å². The molecule has 1 heterocycles. The van der Waals surface area contributed by atoms with Crippen molar-refractivity contribution in [2.45, 2.75) is 70.7 Å². The number of hydrogen-bond donors (Lipinski definition) is 1. The van der Waals surface area contributed by atoms with Gasteiger partial charge < -0.3 is 9.84 Å². The van der Waals surface area contributed by atoms with Crippen molar-refractivity contribution in [3.8, 4) is 0 Å². The molecule has 0 amide bonds. The Hall–Kier alpha value is -0.0800. The van der Waals surface area contributed by atoms with E-state index in [1.807, 2.05) is 6.92 Å². The molecular formula is C15H26O2. The van der Waals surface area contributed by atoms with Gasteiger partial charge in [-0.05, 0) is 63.2 Å². The third-order valence-electron chi connectivity index (χ3n) is 5.89. The lowest BCUT2D eigenvalue weighted by Gasteiger charge is -2.47. The summed E-state index contributed by atoms with van der Waals surface area (Å²) in [5.74, 6) is 2.74. The molecular weight excluding hydrogens is 212 g/mol. The number of aliphatic hydroxyl groups is 1. The summed E-state index contributed by atoms with van der Waals surface area (Å²) in [7, 11) is 0. The Balaban J connectivity index is 1.98. The highest BCUT2D eigenvalue weighted by Crippen LogP contribution is 2.61. The Bertz CT molecular complexity index is 323. The summed E-state index contributed by atoms with van der Waals surface area (Å²) in [6, 6.07) is 0. The second-order valence-corrected chi connectivity index (χ2v) is 7.38. The molecule has 0 aromatic carbocycles. The highest BCUT2D eigenvalue weighted by Gasteiger charge is 2.64. The van der Waals surface area contributed by atoms with Crippen molar-refractivity contribution >= 4 is 0 Å². The van der Waals surface area contributed by atoms with Crippen LogP contribution in [0.15, 0.2) is 0 Å². The van der Waals surface area contributed by atoms with Crippen molar-refractivity contribution in [2.24, 2.45) is 23.7 Å². The molecule has 1 saturated heterocycles. The smallest absolute Gasteiger partial charge is 0.0901 e. The van der Waals surface area contributed by atoms with Gasteiger partial charge in [-0.3, -0.25) is 0 Å². The molecule has 0 aromatic heterocycles. The number of ether oxygens (including phenoxy) is 1. The van der Waals surface area contributed by atoms with Gasteiger partial charge in [0.2, 0.25) is 0 Å². The largest absolute Gasteiger partial charge is 0.387 e. The zero-order valence-electron chi connectivity index (χ0n) is 11.6. The Kier molecular flexibility index (Phi) is 2.45. The van der Waals surface area contributed by atoms with Gasteiger partial charge in [0.25, 0.3) is 0 Å². The van der Waals surface area contributed by atoms with Crippen molar-refractivity contribution in [2.75, 3.05) is 0 Å². The molecule has 2 saturated carbocycles. The fourth-order valence-corrected chi connectivity index (χ4v) is 4.89. The molecule has 0 spiro atoms. The van der Waals surface area contributed by atoms with Crippen LogP contribution >= 0.6 is 0 Å². The first-order valence-electron chi connectivity index (χ1n) is 7.25. The molecule has 1 aliphatic heterocycles. The predicted octanol–water partition coefficient (Wildman–Crippen LogP) is 2.99. The van der Waals surface area contributed by atoms with Crippen LogP contribution in [0.1, 0.15) is 53.4 Å². The van der Waals surface area contributed by atoms with Gasteiger partial charge in [0.1, 0.15) is 0 Å². The van der Waals surface area contributed by atoms with Crippen molar-refractivity contribution in [1.82, 2.24) is 0 Å². The van der Waals surface area contributed by atoms with Crippen LogP contribution in [0.4, 0.5) is 0 Å². The maximum absolute atomic E-state index is 10.6. The summed E-state index contributed by atoms with van der Waals surface area (Å²) in [6.45, 7) is 8.92. The maximum Gasteiger partial charge on any atom is 0.0901 e. The van der Waals surface area contributed by atoms with E-state index in [4.69, 9.17) is 4.74 Å². The molecule has 0 radical (unpaired) electrons. The fraction of sp³-hybridized carbons (Fsp3) is 1.00. The van der Waals surface area contributed by atoms with E-state index in [9.17, 15) is 5.11 Å². The van der Waals surface area contributed by atoms with E-state index in [1.54, 1.807) is 0 Å². The molecule has 1 N–H and O–H groups in total. The Morgan fingerprint density at radius 2 is 1.88 bits per heavy atom. The highest BCUT2D eigenvalue weighted by molar-refractivity contribution is 5.12. The van der Waals surface area contributed by atoms with Crippen LogP contribution in [0.25, 0.3) is 0 Å². The zero-order valence-corrected chi connectivity index (χ0v) is 11.6. The van der Waals surface area contributed by atoms with Crippen LogP contribution in [0, 0.1) is 23.7 Å². The molecule has 4 bridgehead atoms. The first kappa shape index (κ1) is 12.0. The van der Waals surface area contributed by atoms with Crippen molar-refractivity contribution in [3.63, 3.8) is 0 Å². The van der Waals surface area contributed by atoms with E-state index >= 15 is 0 Å². The zero-order chi connectivity index (χ0) is 12.4. The van der Waals surface area contributed by atoms with E-state index in [0.717, 1.165) is 18.8 Å². The van der Waals surface area contributed by atoms with Gasteiger partial charge in [0.05, 0.1) is 17.3 Å². The molecule has 2 nitrogen and oxygen atoms in total. The van der Waals surface area contributed by atoms with Crippen LogP contribution in [0.5, 0.6) is 0 Å². The van der Waals surface area contributed by atoms with Gasteiger partial charge >= 0.3 is 0 Å². The Morgan fingerprint density at radius 3 is 2.53 bits per heavy atom. The van der Waals surface area contributed by atoms with Crippen molar-refractivity contribution in [3.05, 3.63) is 0 Å². The van der Waals surface area contributed by atoms with E-state index in [0.29, 0.717) is 17.8 Å².